The van der Waals surface area contributed by atoms with Crippen LogP contribution < -0.4 is 14.9 Å². The second-order valence-corrected chi connectivity index (χ2v) is 15.9. The summed E-state index contributed by atoms with van der Waals surface area (Å²) in [6, 6.07) is 25.0. The lowest BCUT2D eigenvalue weighted by Gasteiger charge is -2.40. The highest BCUT2D eigenvalue weighted by atomic mass is 32.1. The maximum absolute atomic E-state index is 2.54. The van der Waals surface area contributed by atoms with Gasteiger partial charge in [0.15, 0.2) is 6.20 Å². The zero-order valence-corrected chi connectivity index (χ0v) is 22.1. The Hall–Kier alpha value is -2.75. The summed E-state index contributed by atoms with van der Waals surface area (Å²) in [4.78, 5) is 1.57. The van der Waals surface area contributed by atoms with Gasteiger partial charge in [-0.15, -0.1) is 11.3 Å². The highest BCUT2D eigenvalue weighted by Crippen LogP contribution is 2.45. The number of fused-ring (bicyclic) bond motifs is 5. The summed E-state index contributed by atoms with van der Waals surface area (Å²) < 4.78 is 3.76. The fraction of sp³-hybridized carbons (Fsp3) is 0.233. The fourth-order valence-electron chi connectivity index (χ4n) is 6.00. The van der Waals surface area contributed by atoms with Gasteiger partial charge in [0.05, 0.1) is 5.56 Å². The Kier molecular flexibility index (Phi) is 4.34. The van der Waals surface area contributed by atoms with Gasteiger partial charge in [-0.3, -0.25) is 0 Å². The Labute approximate surface area is 201 Å². The second-order valence-electron chi connectivity index (χ2n) is 10.6. The predicted octanol–water partition coefficient (Wildman–Crippen LogP) is 6.32. The minimum absolute atomic E-state index is 0.0227. The van der Waals surface area contributed by atoms with Crippen molar-refractivity contribution in [3.05, 3.63) is 88.9 Å². The average Bonchev–Trinajstić information content (AvgIpc) is 3.20. The molecule has 6 rings (SSSR count). The zero-order chi connectivity index (χ0) is 23.1. The minimum Gasteiger partial charge on any atom is -0.200 e. The molecule has 0 saturated carbocycles. The van der Waals surface area contributed by atoms with Crippen LogP contribution in [0.15, 0.2) is 72.9 Å². The minimum atomic E-state index is -1.83. The molecule has 2 aromatic heterocycles. The molecule has 3 aromatic carbocycles. The molecular formula is C30H30NSSi+. The van der Waals surface area contributed by atoms with E-state index in [0.717, 1.165) is 0 Å². The van der Waals surface area contributed by atoms with Gasteiger partial charge in [0.1, 0.15) is 15.1 Å². The summed E-state index contributed by atoms with van der Waals surface area (Å²) in [6.45, 7) is 12.2. The van der Waals surface area contributed by atoms with E-state index in [1.165, 1.54) is 43.2 Å². The van der Waals surface area contributed by atoms with Crippen LogP contribution in [0.4, 0.5) is 0 Å². The van der Waals surface area contributed by atoms with Gasteiger partial charge in [0, 0.05) is 26.4 Å². The first-order chi connectivity index (χ1) is 15.7. The molecule has 164 valence electrons. The Bertz CT molecular complexity index is 1590. The van der Waals surface area contributed by atoms with Crippen molar-refractivity contribution < 1.29 is 4.57 Å². The zero-order valence-electron chi connectivity index (χ0n) is 20.3. The monoisotopic (exact) mass is 464 g/mol. The standard InChI is InChI=1S/C30H30NSSi/c1-19-15-16-22-27(26(19)24-17-20-11-7-8-12-21(20)18-31(24)4)32-29-28(22)33(5,6)25-14-10-9-13-23(25)30(29,2)3/h7-18H,1-6H3/q+1. The van der Waals surface area contributed by atoms with Crippen molar-refractivity contribution >= 4 is 50.6 Å². The van der Waals surface area contributed by atoms with E-state index in [-0.39, 0.29) is 5.41 Å². The number of hydrogen-bond acceptors (Lipinski definition) is 1. The van der Waals surface area contributed by atoms with E-state index in [1.807, 2.05) is 11.3 Å². The smallest absolute Gasteiger partial charge is 0.200 e. The Morgan fingerprint density at radius 2 is 1.58 bits per heavy atom. The summed E-state index contributed by atoms with van der Waals surface area (Å²) in [7, 11) is 0.359. The molecule has 3 heterocycles. The second kappa shape index (κ2) is 6.88. The number of rotatable bonds is 1. The van der Waals surface area contributed by atoms with E-state index in [0.29, 0.717) is 0 Å². The number of hydrogen-bond donors (Lipinski definition) is 0. The third-order valence-corrected chi connectivity index (χ3v) is 13.1. The summed E-state index contributed by atoms with van der Waals surface area (Å²) in [5.74, 6) is 0. The summed E-state index contributed by atoms with van der Waals surface area (Å²) in [5.41, 5.74) is 5.58. The number of thiophene rings is 1. The Morgan fingerprint density at radius 1 is 0.879 bits per heavy atom. The van der Waals surface area contributed by atoms with Gasteiger partial charge in [0.25, 0.3) is 0 Å². The van der Waals surface area contributed by atoms with E-state index in [9.17, 15) is 0 Å². The van der Waals surface area contributed by atoms with Crippen molar-refractivity contribution in [3.63, 3.8) is 0 Å². The van der Waals surface area contributed by atoms with Gasteiger partial charge in [-0.1, -0.05) is 86.7 Å². The molecule has 0 unspecified atom stereocenters. The molecule has 1 nitrogen and oxygen atoms in total. The molecule has 0 bridgehead atoms. The van der Waals surface area contributed by atoms with E-state index in [4.69, 9.17) is 0 Å². The molecule has 0 N–H and O–H groups in total. The van der Waals surface area contributed by atoms with E-state index in [1.54, 1.807) is 15.3 Å². The van der Waals surface area contributed by atoms with Gasteiger partial charge < -0.3 is 0 Å². The van der Waals surface area contributed by atoms with Crippen LogP contribution in [0.5, 0.6) is 0 Å². The van der Waals surface area contributed by atoms with Gasteiger partial charge in [-0.25, -0.2) is 4.57 Å². The summed E-state index contributed by atoms with van der Waals surface area (Å²) >= 11 is 2.04. The largest absolute Gasteiger partial charge is 0.214 e. The van der Waals surface area contributed by atoms with Crippen molar-refractivity contribution in [2.24, 2.45) is 7.05 Å². The van der Waals surface area contributed by atoms with Crippen molar-refractivity contribution in [2.45, 2.75) is 39.3 Å². The van der Waals surface area contributed by atoms with Crippen molar-refractivity contribution in [1.82, 2.24) is 0 Å². The Balaban J connectivity index is 1.72. The van der Waals surface area contributed by atoms with Crippen LogP contribution >= 0.6 is 11.3 Å². The SMILES string of the molecule is Cc1ccc2c3c(sc2c1-c1cc2ccccc2c[n+]1C)C(C)(C)c1ccccc1[Si]3(C)C. The lowest BCUT2D eigenvalue weighted by Crippen LogP contribution is -2.61. The van der Waals surface area contributed by atoms with Crippen LogP contribution in [0.25, 0.3) is 32.1 Å². The molecule has 5 aromatic rings. The molecule has 0 radical (unpaired) electrons. The topological polar surface area (TPSA) is 3.88 Å². The molecule has 0 spiro atoms. The first-order valence-electron chi connectivity index (χ1n) is 11.8. The van der Waals surface area contributed by atoms with E-state index in [2.05, 4.69) is 118 Å². The van der Waals surface area contributed by atoms with Crippen LogP contribution in [0.1, 0.15) is 29.9 Å². The van der Waals surface area contributed by atoms with E-state index < -0.39 is 8.07 Å². The lowest BCUT2D eigenvalue weighted by atomic mass is 9.82. The van der Waals surface area contributed by atoms with Crippen LogP contribution in [0, 0.1) is 6.92 Å². The first kappa shape index (κ1) is 20.8. The fourth-order valence-corrected chi connectivity index (χ4v) is 12.1. The van der Waals surface area contributed by atoms with Gasteiger partial charge >= 0.3 is 0 Å². The highest BCUT2D eigenvalue weighted by Gasteiger charge is 2.45. The summed E-state index contributed by atoms with van der Waals surface area (Å²) in [6.07, 6.45) is 2.27. The normalized spacial score (nSPS) is 16.1. The van der Waals surface area contributed by atoms with Crippen LogP contribution in [0.2, 0.25) is 13.1 Å². The van der Waals surface area contributed by atoms with Gasteiger partial charge in [-0.2, -0.15) is 0 Å². The van der Waals surface area contributed by atoms with Crippen LogP contribution in [-0.4, -0.2) is 8.07 Å². The van der Waals surface area contributed by atoms with Crippen molar-refractivity contribution in [3.8, 4) is 11.3 Å². The third-order valence-electron chi connectivity index (χ3n) is 7.79. The third kappa shape index (κ3) is 2.79. The number of aromatic nitrogens is 1. The molecule has 0 amide bonds. The molecular weight excluding hydrogens is 434 g/mol. The first-order valence-corrected chi connectivity index (χ1v) is 15.6. The number of aryl methyl sites for hydroxylation is 2. The Morgan fingerprint density at radius 3 is 2.36 bits per heavy atom. The molecule has 33 heavy (non-hydrogen) atoms. The van der Waals surface area contributed by atoms with Gasteiger partial charge in [0.2, 0.25) is 5.69 Å². The number of benzene rings is 3. The van der Waals surface area contributed by atoms with Gasteiger partial charge in [-0.05, 0) is 40.1 Å². The average molecular weight is 465 g/mol. The van der Waals surface area contributed by atoms with Crippen LogP contribution in [0.3, 0.4) is 0 Å². The maximum Gasteiger partial charge on any atom is 0.214 e. The molecule has 3 heteroatoms. The molecule has 1 aliphatic rings. The highest BCUT2D eigenvalue weighted by molar-refractivity contribution is 7.23. The maximum atomic E-state index is 2.54. The van der Waals surface area contributed by atoms with Crippen molar-refractivity contribution in [1.29, 1.82) is 0 Å². The molecule has 0 atom stereocenters. The molecule has 0 fully saturated rings. The predicted molar refractivity (Wildman–Crippen MR) is 146 cm³/mol. The summed E-state index contributed by atoms with van der Waals surface area (Å²) in [5, 5.41) is 7.30. The molecule has 0 aliphatic carbocycles. The van der Waals surface area contributed by atoms with Crippen LogP contribution in [-0.2, 0) is 12.5 Å². The molecule has 0 saturated heterocycles. The van der Waals surface area contributed by atoms with E-state index >= 15 is 0 Å². The lowest BCUT2D eigenvalue weighted by molar-refractivity contribution is -0.659. The number of nitrogens with zero attached hydrogens (tertiary/aromatic N) is 1. The molecule has 1 aliphatic heterocycles. The number of pyridine rings is 1. The van der Waals surface area contributed by atoms with Crippen molar-refractivity contribution in [2.75, 3.05) is 0 Å². The quantitative estimate of drug-likeness (QED) is 0.202.